The maximum Gasteiger partial charge on any atom is 0.173 e. The fourth-order valence-electron chi connectivity index (χ4n) is 2.93. The topological polar surface area (TPSA) is 24.5 Å². The monoisotopic (exact) mass is 306 g/mol. The van der Waals surface area contributed by atoms with Crippen molar-refractivity contribution in [2.24, 2.45) is 0 Å². The molecule has 2 unspecified atom stereocenters. The highest BCUT2D eigenvalue weighted by Gasteiger charge is 2.24. The minimum atomic E-state index is 0.223. The van der Waals surface area contributed by atoms with Gasteiger partial charge in [-0.1, -0.05) is 32.0 Å². The van der Waals surface area contributed by atoms with Crippen molar-refractivity contribution in [1.29, 1.82) is 0 Å². The lowest BCUT2D eigenvalue weighted by atomic mass is 10.0. The second-order valence-corrected chi connectivity index (χ2v) is 6.14. The summed E-state index contributed by atoms with van der Waals surface area (Å²) in [4.78, 5) is 2.22. The molecule has 2 atom stereocenters. The molecule has 0 amide bonds. The first kappa shape index (κ1) is 16.2. The number of anilines is 1. The molecule has 1 N–H and O–H groups in total. The van der Waals surface area contributed by atoms with Crippen LogP contribution >= 0.6 is 12.2 Å². The number of ether oxygens (including phenoxy) is 1. The molecule has 0 saturated carbocycles. The van der Waals surface area contributed by atoms with Crippen LogP contribution in [0, 0.1) is 0 Å². The third-order valence-electron chi connectivity index (χ3n) is 3.94. The number of nitrogens with one attached hydrogen (secondary N) is 1. The second-order valence-electron chi connectivity index (χ2n) is 5.75. The Hall–Kier alpha value is -1.13. The molecule has 0 radical (unpaired) electrons. The van der Waals surface area contributed by atoms with Gasteiger partial charge in [-0.2, -0.15) is 0 Å². The predicted molar refractivity (Wildman–Crippen MR) is 93.0 cm³/mol. The van der Waals surface area contributed by atoms with Gasteiger partial charge in [0.2, 0.25) is 0 Å². The van der Waals surface area contributed by atoms with Crippen LogP contribution in [0.4, 0.5) is 5.69 Å². The maximum absolute atomic E-state index is 5.78. The predicted octanol–water partition coefficient (Wildman–Crippen LogP) is 3.62. The van der Waals surface area contributed by atoms with E-state index in [1.165, 1.54) is 16.8 Å². The molecule has 1 fully saturated rings. The number of rotatable bonds is 3. The van der Waals surface area contributed by atoms with E-state index in [2.05, 4.69) is 56.1 Å². The summed E-state index contributed by atoms with van der Waals surface area (Å²) in [5, 5.41) is 4.31. The lowest BCUT2D eigenvalue weighted by Gasteiger charge is -2.37. The summed E-state index contributed by atoms with van der Waals surface area (Å²) in [6, 6.07) is 6.48. The Bertz CT molecular complexity index is 471. The fourth-order valence-corrected chi connectivity index (χ4v) is 3.18. The minimum Gasteiger partial charge on any atom is -0.372 e. The molecule has 2 rings (SSSR count). The molecular weight excluding hydrogens is 280 g/mol. The zero-order valence-corrected chi connectivity index (χ0v) is 14.3. The molecule has 0 aliphatic carbocycles. The molecule has 0 spiro atoms. The van der Waals surface area contributed by atoms with E-state index in [9.17, 15) is 0 Å². The SMILES string of the molecule is CCc1cccc(CC)c1NC(=S)N1CC(C)OC(C)C1. The number of hydrogen-bond donors (Lipinski definition) is 1. The first-order chi connectivity index (χ1) is 10.0. The van der Waals surface area contributed by atoms with Crippen molar-refractivity contribution in [3.8, 4) is 0 Å². The third-order valence-corrected chi connectivity index (χ3v) is 4.30. The van der Waals surface area contributed by atoms with Crippen LogP contribution in [0.1, 0.15) is 38.8 Å². The van der Waals surface area contributed by atoms with E-state index in [1.54, 1.807) is 0 Å². The quantitative estimate of drug-likeness (QED) is 0.862. The van der Waals surface area contributed by atoms with Gasteiger partial charge in [-0.3, -0.25) is 0 Å². The van der Waals surface area contributed by atoms with Gasteiger partial charge in [-0.25, -0.2) is 0 Å². The van der Waals surface area contributed by atoms with Gasteiger partial charge in [0.1, 0.15) is 0 Å². The van der Waals surface area contributed by atoms with Gasteiger partial charge in [0.15, 0.2) is 5.11 Å². The Morgan fingerprint density at radius 2 is 1.71 bits per heavy atom. The Morgan fingerprint density at radius 3 is 2.19 bits per heavy atom. The van der Waals surface area contributed by atoms with Crippen LogP contribution in [0.3, 0.4) is 0 Å². The van der Waals surface area contributed by atoms with Crippen molar-refractivity contribution in [1.82, 2.24) is 4.90 Å². The number of para-hydroxylation sites is 1. The summed E-state index contributed by atoms with van der Waals surface area (Å²) in [6.07, 6.45) is 2.46. The number of benzene rings is 1. The van der Waals surface area contributed by atoms with Crippen molar-refractivity contribution >= 4 is 23.0 Å². The summed E-state index contributed by atoms with van der Waals surface area (Å²) in [6.45, 7) is 10.3. The molecule has 21 heavy (non-hydrogen) atoms. The number of aryl methyl sites for hydroxylation is 2. The van der Waals surface area contributed by atoms with Gasteiger partial charge in [0.25, 0.3) is 0 Å². The Labute approximate surface area is 133 Å². The van der Waals surface area contributed by atoms with Gasteiger partial charge in [-0.05, 0) is 50.0 Å². The van der Waals surface area contributed by atoms with Crippen molar-refractivity contribution < 1.29 is 4.74 Å². The summed E-state index contributed by atoms with van der Waals surface area (Å²) in [7, 11) is 0. The van der Waals surface area contributed by atoms with E-state index < -0.39 is 0 Å². The van der Waals surface area contributed by atoms with Crippen molar-refractivity contribution in [2.75, 3.05) is 18.4 Å². The van der Waals surface area contributed by atoms with Gasteiger partial charge in [0.05, 0.1) is 12.2 Å². The summed E-state index contributed by atoms with van der Waals surface area (Å²) in [5.41, 5.74) is 3.84. The fraction of sp³-hybridized carbons (Fsp3) is 0.588. The Balaban J connectivity index is 2.15. The molecule has 1 saturated heterocycles. The molecule has 1 aromatic carbocycles. The van der Waals surface area contributed by atoms with Crippen molar-refractivity contribution in [3.63, 3.8) is 0 Å². The summed E-state index contributed by atoms with van der Waals surface area (Å²) in [5.74, 6) is 0. The number of morpholine rings is 1. The highest BCUT2D eigenvalue weighted by atomic mass is 32.1. The highest BCUT2D eigenvalue weighted by molar-refractivity contribution is 7.80. The molecule has 3 nitrogen and oxygen atoms in total. The summed E-state index contributed by atoms with van der Waals surface area (Å²) >= 11 is 5.64. The lowest BCUT2D eigenvalue weighted by molar-refractivity contribution is -0.0473. The van der Waals surface area contributed by atoms with E-state index in [1.807, 2.05) is 0 Å². The van der Waals surface area contributed by atoms with Crippen LogP contribution in [0.5, 0.6) is 0 Å². The first-order valence-electron chi connectivity index (χ1n) is 7.87. The third kappa shape index (κ3) is 3.95. The molecule has 1 heterocycles. The van der Waals surface area contributed by atoms with Crippen LogP contribution in [0.2, 0.25) is 0 Å². The van der Waals surface area contributed by atoms with Gasteiger partial charge >= 0.3 is 0 Å². The average Bonchev–Trinajstić information content (AvgIpc) is 2.46. The van der Waals surface area contributed by atoms with Crippen LogP contribution < -0.4 is 5.32 Å². The van der Waals surface area contributed by atoms with E-state index >= 15 is 0 Å². The van der Waals surface area contributed by atoms with Gasteiger partial charge in [-0.15, -0.1) is 0 Å². The Kier molecular flexibility index (Phi) is 5.59. The molecule has 1 aliphatic heterocycles. The van der Waals surface area contributed by atoms with Crippen LogP contribution in [0.15, 0.2) is 18.2 Å². The largest absolute Gasteiger partial charge is 0.372 e. The molecule has 1 aliphatic rings. The minimum absolute atomic E-state index is 0.223. The van der Waals surface area contributed by atoms with Crippen molar-refractivity contribution in [3.05, 3.63) is 29.3 Å². The van der Waals surface area contributed by atoms with E-state index in [4.69, 9.17) is 17.0 Å². The lowest BCUT2D eigenvalue weighted by Crippen LogP contribution is -2.49. The first-order valence-corrected chi connectivity index (χ1v) is 8.28. The highest BCUT2D eigenvalue weighted by Crippen LogP contribution is 2.23. The normalized spacial score (nSPS) is 22.2. The number of hydrogen-bond acceptors (Lipinski definition) is 2. The van der Waals surface area contributed by atoms with Gasteiger partial charge in [0, 0.05) is 18.8 Å². The zero-order valence-electron chi connectivity index (χ0n) is 13.5. The average molecular weight is 306 g/mol. The molecule has 0 bridgehead atoms. The zero-order chi connectivity index (χ0) is 15.4. The van der Waals surface area contributed by atoms with Crippen LogP contribution in [-0.2, 0) is 17.6 Å². The number of nitrogens with zero attached hydrogens (tertiary/aromatic N) is 1. The van der Waals surface area contributed by atoms with Crippen molar-refractivity contribution in [2.45, 2.75) is 52.7 Å². The maximum atomic E-state index is 5.78. The van der Waals surface area contributed by atoms with E-state index in [-0.39, 0.29) is 12.2 Å². The second kappa shape index (κ2) is 7.23. The molecule has 116 valence electrons. The molecular formula is C17H26N2OS. The molecule has 1 aromatic rings. The van der Waals surface area contributed by atoms with E-state index in [0.717, 1.165) is 31.0 Å². The van der Waals surface area contributed by atoms with Crippen LogP contribution in [-0.4, -0.2) is 35.3 Å². The number of thiocarbonyl (C=S) groups is 1. The van der Waals surface area contributed by atoms with Gasteiger partial charge < -0.3 is 15.0 Å². The standard InChI is InChI=1S/C17H26N2OS/c1-5-14-8-7-9-15(6-2)16(14)18-17(21)19-10-12(3)20-13(4)11-19/h7-9,12-13H,5-6,10-11H2,1-4H3,(H,18,21). The Morgan fingerprint density at radius 1 is 1.19 bits per heavy atom. The van der Waals surface area contributed by atoms with E-state index in [0.29, 0.717) is 0 Å². The molecule has 0 aromatic heterocycles. The molecule has 4 heteroatoms. The summed E-state index contributed by atoms with van der Waals surface area (Å²) < 4.78 is 5.78. The van der Waals surface area contributed by atoms with Crippen LogP contribution in [0.25, 0.3) is 0 Å². The smallest absolute Gasteiger partial charge is 0.173 e.